The molecule has 0 saturated heterocycles. The molecule has 8 nitrogen and oxygen atoms in total. The molecule has 1 aromatic carbocycles. The summed E-state index contributed by atoms with van der Waals surface area (Å²) in [5, 5.41) is 13.6. The second-order valence-electron chi connectivity index (χ2n) is 5.09. The van der Waals surface area contributed by atoms with Crippen LogP contribution in [0.5, 0.6) is 0 Å². The zero-order valence-electron chi connectivity index (χ0n) is 12.9. The summed E-state index contributed by atoms with van der Waals surface area (Å²) in [6.45, 7) is -0.567. The molecule has 0 spiro atoms. The number of thioether (sulfide) groups is 1. The van der Waals surface area contributed by atoms with Crippen molar-refractivity contribution in [2.45, 2.75) is 19.0 Å². The number of carboxylic acids is 1. The van der Waals surface area contributed by atoms with Gasteiger partial charge in [0.15, 0.2) is 0 Å². The Balaban J connectivity index is 2.23. The highest BCUT2D eigenvalue weighted by Gasteiger charge is 2.16. The van der Waals surface area contributed by atoms with Crippen molar-refractivity contribution in [3.8, 4) is 0 Å². The SMILES string of the molecule is CSCC[C@H](NC(=O)Cn1c(=O)[nH]c2ccccc2c1=O)C(=O)[O-]. The van der Waals surface area contributed by atoms with Crippen LogP contribution in [0.4, 0.5) is 0 Å². The molecule has 1 amide bonds. The molecule has 0 aliphatic rings. The Morgan fingerprint density at radius 3 is 2.71 bits per heavy atom. The zero-order valence-corrected chi connectivity index (χ0v) is 13.7. The maximum Gasteiger partial charge on any atom is 0.329 e. The average molecular weight is 350 g/mol. The molecule has 24 heavy (non-hydrogen) atoms. The number of aromatic nitrogens is 2. The fourth-order valence-corrected chi connectivity index (χ4v) is 2.68. The van der Waals surface area contributed by atoms with Gasteiger partial charge in [0.1, 0.15) is 6.54 Å². The number of fused-ring (bicyclic) bond motifs is 1. The third kappa shape index (κ3) is 4.05. The number of carboxylic acid groups (broad SMARTS) is 1. The molecule has 0 aliphatic heterocycles. The molecule has 1 atom stereocenters. The minimum absolute atomic E-state index is 0.193. The number of aliphatic carboxylic acids is 1. The van der Waals surface area contributed by atoms with Gasteiger partial charge in [-0.05, 0) is 30.6 Å². The summed E-state index contributed by atoms with van der Waals surface area (Å²) in [5.41, 5.74) is -0.974. The lowest BCUT2D eigenvalue weighted by atomic mass is 10.2. The van der Waals surface area contributed by atoms with Crippen molar-refractivity contribution < 1.29 is 14.7 Å². The Kier molecular flexibility index (Phi) is 5.80. The van der Waals surface area contributed by atoms with E-state index < -0.39 is 35.7 Å². The van der Waals surface area contributed by atoms with Crippen LogP contribution >= 0.6 is 11.8 Å². The molecule has 2 rings (SSSR count). The molecule has 0 unspecified atom stereocenters. The summed E-state index contributed by atoms with van der Waals surface area (Å²) >= 11 is 1.43. The van der Waals surface area contributed by atoms with Crippen LogP contribution in [-0.2, 0) is 16.1 Å². The molecule has 9 heteroatoms. The van der Waals surface area contributed by atoms with E-state index in [9.17, 15) is 24.3 Å². The summed E-state index contributed by atoms with van der Waals surface area (Å²) in [6.07, 6.45) is 2.00. The molecule has 0 aliphatic carbocycles. The number of aromatic amines is 1. The van der Waals surface area contributed by atoms with Crippen molar-refractivity contribution in [2.24, 2.45) is 0 Å². The zero-order chi connectivity index (χ0) is 17.7. The number of carbonyl (C=O) groups is 2. The van der Waals surface area contributed by atoms with Gasteiger partial charge in [0, 0.05) is 0 Å². The van der Waals surface area contributed by atoms with Crippen molar-refractivity contribution in [3.63, 3.8) is 0 Å². The molecular weight excluding hydrogens is 334 g/mol. The van der Waals surface area contributed by atoms with Gasteiger partial charge in [0.2, 0.25) is 5.91 Å². The number of carbonyl (C=O) groups excluding carboxylic acids is 2. The lowest BCUT2D eigenvalue weighted by Crippen LogP contribution is -2.50. The third-order valence-corrected chi connectivity index (χ3v) is 4.07. The largest absolute Gasteiger partial charge is 0.548 e. The molecule has 1 heterocycles. The number of amides is 1. The van der Waals surface area contributed by atoms with Gasteiger partial charge < -0.3 is 20.2 Å². The normalized spacial score (nSPS) is 12.0. The fourth-order valence-electron chi connectivity index (χ4n) is 2.21. The van der Waals surface area contributed by atoms with Crippen LogP contribution in [0.15, 0.2) is 33.9 Å². The summed E-state index contributed by atoms with van der Waals surface area (Å²) in [5.74, 6) is -1.62. The van der Waals surface area contributed by atoms with Gasteiger partial charge in [-0.15, -0.1) is 0 Å². The van der Waals surface area contributed by atoms with Crippen LogP contribution < -0.4 is 21.7 Å². The summed E-state index contributed by atoms with van der Waals surface area (Å²) in [6, 6.07) is 5.26. The molecule has 2 aromatic rings. The quantitative estimate of drug-likeness (QED) is 0.638. The van der Waals surface area contributed by atoms with Crippen molar-refractivity contribution in [3.05, 3.63) is 45.1 Å². The highest BCUT2D eigenvalue weighted by molar-refractivity contribution is 7.98. The van der Waals surface area contributed by atoms with Crippen LogP contribution in [0.3, 0.4) is 0 Å². The van der Waals surface area contributed by atoms with Crippen LogP contribution in [0.1, 0.15) is 6.42 Å². The Bertz CT molecular complexity index is 873. The minimum Gasteiger partial charge on any atom is -0.548 e. The lowest BCUT2D eigenvalue weighted by molar-refractivity contribution is -0.308. The smallest absolute Gasteiger partial charge is 0.329 e. The van der Waals surface area contributed by atoms with Crippen molar-refractivity contribution in [1.82, 2.24) is 14.9 Å². The molecule has 0 fully saturated rings. The van der Waals surface area contributed by atoms with Crippen LogP contribution in [0.25, 0.3) is 10.9 Å². The Morgan fingerprint density at radius 1 is 1.33 bits per heavy atom. The molecule has 2 N–H and O–H groups in total. The van der Waals surface area contributed by atoms with E-state index in [-0.39, 0.29) is 11.8 Å². The Labute approximate surface area is 140 Å². The first-order valence-corrected chi connectivity index (χ1v) is 8.54. The van der Waals surface area contributed by atoms with Crippen LogP contribution in [0.2, 0.25) is 0 Å². The van der Waals surface area contributed by atoms with Crippen molar-refractivity contribution in [1.29, 1.82) is 0 Å². The number of H-pyrrole nitrogens is 1. The maximum absolute atomic E-state index is 12.3. The van der Waals surface area contributed by atoms with Gasteiger partial charge in [0.05, 0.1) is 22.9 Å². The number of hydrogen-bond acceptors (Lipinski definition) is 6. The number of rotatable bonds is 7. The van der Waals surface area contributed by atoms with E-state index in [1.54, 1.807) is 18.2 Å². The van der Waals surface area contributed by atoms with Gasteiger partial charge in [0.25, 0.3) is 5.56 Å². The van der Waals surface area contributed by atoms with Gasteiger partial charge in [-0.1, -0.05) is 12.1 Å². The highest BCUT2D eigenvalue weighted by Crippen LogP contribution is 2.03. The van der Waals surface area contributed by atoms with Crippen LogP contribution in [0, 0.1) is 0 Å². The van der Waals surface area contributed by atoms with Crippen LogP contribution in [-0.4, -0.2) is 39.5 Å². The second-order valence-corrected chi connectivity index (χ2v) is 6.07. The number of hydrogen-bond donors (Lipinski definition) is 2. The number of nitrogens with one attached hydrogen (secondary N) is 2. The third-order valence-electron chi connectivity index (χ3n) is 3.42. The maximum atomic E-state index is 12.3. The monoisotopic (exact) mass is 350 g/mol. The predicted molar refractivity (Wildman–Crippen MR) is 88.8 cm³/mol. The van der Waals surface area contributed by atoms with E-state index in [1.807, 2.05) is 6.26 Å². The molecule has 0 saturated carbocycles. The predicted octanol–water partition coefficient (Wildman–Crippen LogP) is -1.32. The highest BCUT2D eigenvalue weighted by atomic mass is 32.2. The minimum atomic E-state index is -1.41. The fraction of sp³-hybridized carbons (Fsp3) is 0.333. The first kappa shape index (κ1) is 17.8. The topological polar surface area (TPSA) is 124 Å². The van der Waals surface area contributed by atoms with E-state index in [1.165, 1.54) is 17.8 Å². The van der Waals surface area contributed by atoms with E-state index >= 15 is 0 Å². The van der Waals surface area contributed by atoms with Crippen molar-refractivity contribution in [2.75, 3.05) is 12.0 Å². The molecule has 1 aromatic heterocycles. The summed E-state index contributed by atoms with van der Waals surface area (Å²) in [7, 11) is 0. The van der Waals surface area contributed by atoms with E-state index in [0.29, 0.717) is 11.3 Å². The molecular formula is C15H16N3O5S-. The van der Waals surface area contributed by atoms with Gasteiger partial charge in [-0.2, -0.15) is 11.8 Å². The van der Waals surface area contributed by atoms with Gasteiger partial charge in [-0.3, -0.25) is 14.2 Å². The lowest BCUT2D eigenvalue weighted by Gasteiger charge is -2.19. The molecule has 0 bridgehead atoms. The summed E-state index contributed by atoms with van der Waals surface area (Å²) < 4.78 is 0.735. The summed E-state index contributed by atoms with van der Waals surface area (Å²) in [4.78, 5) is 49.8. The van der Waals surface area contributed by atoms with Gasteiger partial charge in [-0.25, -0.2) is 4.79 Å². The number of benzene rings is 1. The Hall–Kier alpha value is -2.55. The van der Waals surface area contributed by atoms with E-state index in [0.717, 1.165) is 4.57 Å². The van der Waals surface area contributed by atoms with Gasteiger partial charge >= 0.3 is 5.69 Å². The number of nitrogens with zero attached hydrogens (tertiary/aromatic N) is 1. The van der Waals surface area contributed by atoms with Crippen molar-refractivity contribution >= 4 is 34.5 Å². The average Bonchev–Trinajstić information content (AvgIpc) is 2.55. The standard InChI is InChI=1S/C15H17N3O5S/c1-24-7-6-11(14(21)22)16-12(19)8-18-13(20)9-4-2-3-5-10(9)17-15(18)23/h2-5,11H,6-8H2,1H3,(H,16,19)(H,17,23)(H,21,22)/p-1/t11-/m0/s1. The van der Waals surface area contributed by atoms with E-state index in [4.69, 9.17) is 0 Å². The van der Waals surface area contributed by atoms with E-state index in [2.05, 4.69) is 10.3 Å². The first-order chi connectivity index (χ1) is 11.4. The number of para-hydroxylation sites is 1. The molecule has 0 radical (unpaired) electrons. The first-order valence-electron chi connectivity index (χ1n) is 7.15. The molecule has 128 valence electrons. The second kappa shape index (κ2) is 7.82. The Morgan fingerprint density at radius 2 is 2.04 bits per heavy atom.